The molecule has 0 spiro atoms. The summed E-state index contributed by atoms with van der Waals surface area (Å²) >= 11 is 0. The first-order valence-electron chi connectivity index (χ1n) is 20.0. The van der Waals surface area contributed by atoms with Crippen molar-refractivity contribution < 1.29 is 4.42 Å². The lowest BCUT2D eigenvalue weighted by atomic mass is 9.80. The van der Waals surface area contributed by atoms with Crippen molar-refractivity contribution in [3.8, 4) is 55.8 Å². The van der Waals surface area contributed by atoms with Crippen LogP contribution in [0.25, 0.3) is 110 Å². The van der Waals surface area contributed by atoms with Crippen molar-refractivity contribution in [1.82, 2.24) is 9.97 Å². The van der Waals surface area contributed by atoms with Gasteiger partial charge in [0.15, 0.2) is 0 Å². The molecule has 1 aliphatic carbocycles. The Bertz CT molecular complexity index is 3450. The molecular weight excluding hydrogens is 705 g/mol. The smallest absolute Gasteiger partial charge is 0.135 e. The van der Waals surface area contributed by atoms with Gasteiger partial charge in [-0.3, -0.25) is 4.98 Å². The number of hydrogen-bond acceptors (Lipinski definition) is 3. The SMILES string of the molecule is CC1(C)c2cc(-c3ccc(-c4cnc5c6ccccc6c6ccccc6c5n4)cc3)ccc2-c2ccc(-c3cccc(-c4ccc5oc6ccccc6c5c4)c3)cc21. The number of para-hydroxylation sites is 1. The highest BCUT2D eigenvalue weighted by Gasteiger charge is 2.36. The fourth-order valence-electron chi connectivity index (χ4n) is 9.48. The molecule has 58 heavy (non-hydrogen) atoms. The molecule has 9 aromatic carbocycles. The molecule has 3 heteroatoms. The monoisotopic (exact) mass is 740 g/mol. The van der Waals surface area contributed by atoms with E-state index in [-0.39, 0.29) is 5.41 Å². The first kappa shape index (κ1) is 32.8. The van der Waals surface area contributed by atoms with Gasteiger partial charge in [0.05, 0.1) is 22.9 Å². The Balaban J connectivity index is 0.856. The number of benzene rings is 9. The molecule has 11 aromatic rings. The second-order valence-electron chi connectivity index (χ2n) is 16.2. The Labute approximate surface area is 335 Å². The van der Waals surface area contributed by atoms with Crippen molar-refractivity contribution in [2.75, 3.05) is 0 Å². The van der Waals surface area contributed by atoms with E-state index in [1.54, 1.807) is 0 Å². The van der Waals surface area contributed by atoms with E-state index in [4.69, 9.17) is 14.4 Å². The zero-order chi connectivity index (χ0) is 38.5. The second kappa shape index (κ2) is 12.3. The number of fused-ring (bicyclic) bond motifs is 12. The molecule has 3 nitrogen and oxygen atoms in total. The highest BCUT2D eigenvalue weighted by molar-refractivity contribution is 6.23. The van der Waals surface area contributed by atoms with Crippen LogP contribution in [0.5, 0.6) is 0 Å². The summed E-state index contributed by atoms with van der Waals surface area (Å²) in [4.78, 5) is 10.2. The van der Waals surface area contributed by atoms with Gasteiger partial charge < -0.3 is 4.42 Å². The maximum Gasteiger partial charge on any atom is 0.135 e. The van der Waals surface area contributed by atoms with Gasteiger partial charge in [0.25, 0.3) is 0 Å². The number of rotatable bonds is 4. The largest absolute Gasteiger partial charge is 0.456 e. The highest BCUT2D eigenvalue weighted by atomic mass is 16.3. The minimum Gasteiger partial charge on any atom is -0.456 e. The fourth-order valence-corrected chi connectivity index (χ4v) is 9.48. The average molecular weight is 741 g/mol. The third kappa shape index (κ3) is 4.93. The van der Waals surface area contributed by atoms with Crippen LogP contribution in [-0.4, -0.2) is 9.97 Å². The topological polar surface area (TPSA) is 38.9 Å². The van der Waals surface area contributed by atoms with Gasteiger partial charge in [-0.15, -0.1) is 0 Å². The molecule has 1 aliphatic rings. The molecule has 0 N–H and O–H groups in total. The molecule has 0 aliphatic heterocycles. The predicted molar refractivity (Wildman–Crippen MR) is 241 cm³/mol. The van der Waals surface area contributed by atoms with E-state index in [2.05, 4.69) is 178 Å². The molecule has 0 radical (unpaired) electrons. The summed E-state index contributed by atoms with van der Waals surface area (Å²) in [6.07, 6.45) is 1.92. The van der Waals surface area contributed by atoms with Crippen LogP contribution in [0.1, 0.15) is 25.0 Å². The Hall–Kier alpha value is -7.36. The molecule has 272 valence electrons. The van der Waals surface area contributed by atoms with Crippen molar-refractivity contribution in [2.24, 2.45) is 0 Å². The molecule has 0 saturated carbocycles. The van der Waals surface area contributed by atoms with Crippen LogP contribution in [0, 0.1) is 0 Å². The van der Waals surface area contributed by atoms with E-state index >= 15 is 0 Å². The lowest BCUT2D eigenvalue weighted by Gasteiger charge is -2.22. The normalized spacial score (nSPS) is 13.1. The summed E-state index contributed by atoms with van der Waals surface area (Å²) in [5.41, 5.74) is 18.0. The molecule has 0 fully saturated rings. The van der Waals surface area contributed by atoms with Crippen LogP contribution < -0.4 is 0 Å². The number of hydrogen-bond donors (Lipinski definition) is 0. The molecule has 2 heterocycles. The van der Waals surface area contributed by atoms with E-state index in [1.807, 2.05) is 18.3 Å². The first-order valence-corrected chi connectivity index (χ1v) is 20.0. The van der Waals surface area contributed by atoms with Crippen molar-refractivity contribution >= 4 is 54.5 Å². The minimum absolute atomic E-state index is 0.157. The van der Waals surface area contributed by atoms with Crippen molar-refractivity contribution in [3.63, 3.8) is 0 Å². The Morgan fingerprint density at radius 1 is 0.379 bits per heavy atom. The van der Waals surface area contributed by atoms with E-state index in [0.29, 0.717) is 0 Å². The number of aromatic nitrogens is 2. The van der Waals surface area contributed by atoms with Gasteiger partial charge >= 0.3 is 0 Å². The summed E-state index contributed by atoms with van der Waals surface area (Å²) in [5, 5.41) is 6.96. The predicted octanol–water partition coefficient (Wildman–Crippen LogP) is 14.8. The summed E-state index contributed by atoms with van der Waals surface area (Å²) < 4.78 is 6.11. The molecule has 12 rings (SSSR count). The Kier molecular flexibility index (Phi) is 6.98. The molecule has 2 aromatic heterocycles. The zero-order valence-electron chi connectivity index (χ0n) is 32.1. The number of nitrogens with zero attached hydrogens (tertiary/aromatic N) is 2. The molecule has 0 unspecified atom stereocenters. The van der Waals surface area contributed by atoms with Gasteiger partial charge in [0.1, 0.15) is 11.2 Å². The van der Waals surface area contributed by atoms with Crippen LogP contribution in [0.2, 0.25) is 0 Å². The molecular formula is C55H36N2O. The molecule has 0 atom stereocenters. The molecule has 0 bridgehead atoms. The van der Waals surface area contributed by atoms with E-state index in [0.717, 1.165) is 55.0 Å². The number of furan rings is 1. The second-order valence-corrected chi connectivity index (χ2v) is 16.2. The molecule has 0 saturated heterocycles. The van der Waals surface area contributed by atoms with Crippen LogP contribution in [-0.2, 0) is 5.41 Å². The first-order chi connectivity index (χ1) is 28.5. The lowest BCUT2D eigenvalue weighted by Crippen LogP contribution is -2.15. The van der Waals surface area contributed by atoms with Crippen LogP contribution in [0.3, 0.4) is 0 Å². The quantitative estimate of drug-likeness (QED) is 0.169. The van der Waals surface area contributed by atoms with Gasteiger partial charge in [0, 0.05) is 32.5 Å². The third-order valence-corrected chi connectivity index (χ3v) is 12.5. The van der Waals surface area contributed by atoms with Crippen molar-refractivity contribution in [1.29, 1.82) is 0 Å². The fraction of sp³-hybridized carbons (Fsp3) is 0.0545. The standard InChI is InChI=1S/C55H36N2O/c1-55(2)48-30-38(33-18-20-34(21-19-33)50-32-56-53-45-15-5-3-12-40(45)41-13-4-6-16-46(41)54(53)57-50)22-25-42(48)43-26-23-39(31-49(43)55)36-11-9-10-35(28-36)37-24-27-52-47(29-37)44-14-7-8-17-51(44)58-52/h3-32H,1-2H3. The van der Waals surface area contributed by atoms with Crippen LogP contribution in [0.15, 0.2) is 187 Å². The van der Waals surface area contributed by atoms with Crippen molar-refractivity contribution in [2.45, 2.75) is 19.3 Å². The Morgan fingerprint density at radius 3 is 1.57 bits per heavy atom. The van der Waals surface area contributed by atoms with Gasteiger partial charge in [-0.05, 0) is 103 Å². The molecule has 0 amide bonds. The van der Waals surface area contributed by atoms with Gasteiger partial charge in [-0.25, -0.2) is 4.98 Å². The maximum atomic E-state index is 6.11. The average Bonchev–Trinajstić information content (AvgIpc) is 3.77. The van der Waals surface area contributed by atoms with Crippen LogP contribution in [0.4, 0.5) is 0 Å². The minimum atomic E-state index is -0.157. The van der Waals surface area contributed by atoms with Crippen LogP contribution >= 0.6 is 0 Å². The summed E-state index contributed by atoms with van der Waals surface area (Å²) in [5.74, 6) is 0. The zero-order valence-corrected chi connectivity index (χ0v) is 32.1. The van der Waals surface area contributed by atoms with Gasteiger partial charge in [-0.1, -0.05) is 153 Å². The lowest BCUT2D eigenvalue weighted by molar-refractivity contribution is 0.661. The van der Waals surface area contributed by atoms with E-state index in [9.17, 15) is 0 Å². The Morgan fingerprint density at radius 2 is 0.879 bits per heavy atom. The van der Waals surface area contributed by atoms with E-state index in [1.165, 1.54) is 66.4 Å². The van der Waals surface area contributed by atoms with Gasteiger partial charge in [0.2, 0.25) is 0 Å². The van der Waals surface area contributed by atoms with E-state index < -0.39 is 0 Å². The summed E-state index contributed by atoms with van der Waals surface area (Å²) in [6.45, 7) is 4.72. The summed E-state index contributed by atoms with van der Waals surface area (Å²) in [7, 11) is 0. The van der Waals surface area contributed by atoms with Gasteiger partial charge in [-0.2, -0.15) is 0 Å². The maximum absolute atomic E-state index is 6.11. The third-order valence-electron chi connectivity index (χ3n) is 12.5. The highest BCUT2D eigenvalue weighted by Crippen LogP contribution is 2.51. The van der Waals surface area contributed by atoms with Crippen molar-refractivity contribution in [3.05, 3.63) is 193 Å². The summed E-state index contributed by atoms with van der Waals surface area (Å²) in [6, 6.07) is 63.5.